The van der Waals surface area contributed by atoms with Gasteiger partial charge in [-0.05, 0) is 54.1 Å². The van der Waals surface area contributed by atoms with Gasteiger partial charge in [0.15, 0.2) is 11.5 Å². The molecule has 3 aromatic heterocycles. The largest absolute Gasteiger partial charge is 0.383 e. The SMILES string of the molecule is Nc1ncccc1-c1nc2ccc(-c3cccc(F)c3)nc2n1-c1ccc(CN2CCNCC2)cc1. The number of hydrogen-bond donors (Lipinski definition) is 2. The molecule has 1 fully saturated rings. The average Bonchev–Trinajstić information content (AvgIpc) is 3.28. The van der Waals surface area contributed by atoms with Crippen LogP contribution in [-0.2, 0) is 6.54 Å². The van der Waals surface area contributed by atoms with Gasteiger partial charge in [-0.1, -0.05) is 24.3 Å². The standard InChI is InChI=1S/C28H26FN7/c29-21-4-1-3-20(17-21)24-10-11-25-28(33-24)36(27(34-25)23-5-2-12-32-26(23)30)22-8-6-19(7-9-22)18-35-15-13-31-14-16-35/h1-12,17,31H,13-16,18H2,(H2,30,32). The molecule has 0 unspecified atom stereocenters. The zero-order chi connectivity index (χ0) is 24.5. The first-order valence-electron chi connectivity index (χ1n) is 12.0. The molecule has 0 saturated carbocycles. The van der Waals surface area contributed by atoms with E-state index in [1.54, 1.807) is 12.3 Å². The number of nitrogen functional groups attached to an aromatic ring is 1. The van der Waals surface area contributed by atoms with Crippen molar-refractivity contribution in [3.63, 3.8) is 0 Å². The summed E-state index contributed by atoms with van der Waals surface area (Å²) in [5, 5.41) is 3.40. The van der Waals surface area contributed by atoms with E-state index in [-0.39, 0.29) is 5.82 Å². The third-order valence-corrected chi connectivity index (χ3v) is 6.51. The number of rotatable bonds is 5. The van der Waals surface area contributed by atoms with Crippen molar-refractivity contribution in [2.75, 3.05) is 31.9 Å². The molecule has 0 spiro atoms. The second-order valence-corrected chi connectivity index (χ2v) is 8.95. The lowest BCUT2D eigenvalue weighted by Gasteiger charge is -2.27. The Balaban J connectivity index is 1.47. The van der Waals surface area contributed by atoms with Crippen LogP contribution in [0.5, 0.6) is 0 Å². The van der Waals surface area contributed by atoms with E-state index in [4.69, 9.17) is 15.7 Å². The first-order chi connectivity index (χ1) is 17.7. The molecule has 7 nitrogen and oxygen atoms in total. The summed E-state index contributed by atoms with van der Waals surface area (Å²) in [7, 11) is 0. The summed E-state index contributed by atoms with van der Waals surface area (Å²) in [5.41, 5.74) is 11.9. The summed E-state index contributed by atoms with van der Waals surface area (Å²) < 4.78 is 15.9. The van der Waals surface area contributed by atoms with Gasteiger partial charge >= 0.3 is 0 Å². The van der Waals surface area contributed by atoms with Crippen molar-refractivity contribution in [2.24, 2.45) is 0 Å². The van der Waals surface area contributed by atoms with E-state index in [1.165, 1.54) is 17.7 Å². The molecular formula is C28H26FN7. The zero-order valence-corrected chi connectivity index (χ0v) is 19.7. The molecule has 0 amide bonds. The summed E-state index contributed by atoms with van der Waals surface area (Å²) >= 11 is 0. The van der Waals surface area contributed by atoms with E-state index in [1.807, 2.05) is 34.9 Å². The van der Waals surface area contributed by atoms with Gasteiger partial charge in [0.05, 0.1) is 11.3 Å². The smallest absolute Gasteiger partial charge is 0.165 e. The first-order valence-corrected chi connectivity index (χ1v) is 12.0. The molecule has 0 aliphatic carbocycles. The molecule has 2 aromatic carbocycles. The van der Waals surface area contributed by atoms with Crippen LogP contribution < -0.4 is 11.1 Å². The number of halogens is 1. The van der Waals surface area contributed by atoms with Crippen LogP contribution in [0.3, 0.4) is 0 Å². The number of nitrogens with two attached hydrogens (primary N) is 1. The minimum atomic E-state index is -0.299. The molecule has 0 radical (unpaired) electrons. The van der Waals surface area contributed by atoms with Crippen LogP contribution >= 0.6 is 0 Å². The lowest BCUT2D eigenvalue weighted by Crippen LogP contribution is -2.42. The second kappa shape index (κ2) is 9.49. The van der Waals surface area contributed by atoms with Crippen LogP contribution in [-0.4, -0.2) is 50.6 Å². The topological polar surface area (TPSA) is 84.9 Å². The number of hydrogen-bond acceptors (Lipinski definition) is 6. The van der Waals surface area contributed by atoms with Crippen molar-refractivity contribution in [3.05, 3.63) is 90.4 Å². The number of benzene rings is 2. The zero-order valence-electron chi connectivity index (χ0n) is 19.7. The highest BCUT2D eigenvalue weighted by atomic mass is 19.1. The van der Waals surface area contributed by atoms with E-state index >= 15 is 0 Å². The summed E-state index contributed by atoms with van der Waals surface area (Å²) in [6.45, 7) is 5.05. The lowest BCUT2D eigenvalue weighted by atomic mass is 10.1. The molecule has 1 aliphatic heterocycles. The highest BCUT2D eigenvalue weighted by Gasteiger charge is 2.19. The van der Waals surface area contributed by atoms with Crippen molar-refractivity contribution >= 4 is 17.0 Å². The Morgan fingerprint density at radius 2 is 1.75 bits per heavy atom. The fraction of sp³-hybridized carbons (Fsp3) is 0.179. The number of imidazole rings is 1. The molecule has 0 bridgehead atoms. The quantitative estimate of drug-likeness (QED) is 0.392. The van der Waals surface area contributed by atoms with Crippen molar-refractivity contribution in [1.82, 2.24) is 29.7 Å². The van der Waals surface area contributed by atoms with Gasteiger partial charge in [-0.2, -0.15) is 0 Å². The molecule has 6 rings (SSSR count). The maximum absolute atomic E-state index is 13.9. The Morgan fingerprint density at radius 3 is 2.53 bits per heavy atom. The number of anilines is 1. The van der Waals surface area contributed by atoms with Gasteiger partial charge < -0.3 is 11.1 Å². The third kappa shape index (κ3) is 4.32. The Hall–Kier alpha value is -4.14. The van der Waals surface area contributed by atoms with Gasteiger partial charge in [-0.25, -0.2) is 19.3 Å². The number of piperazine rings is 1. The Kier molecular flexibility index (Phi) is 5.88. The molecule has 4 heterocycles. The highest BCUT2D eigenvalue weighted by Crippen LogP contribution is 2.32. The van der Waals surface area contributed by atoms with Crippen LogP contribution in [0.1, 0.15) is 5.56 Å². The number of aromatic nitrogens is 4. The number of nitrogens with zero attached hydrogens (tertiary/aromatic N) is 5. The van der Waals surface area contributed by atoms with Gasteiger partial charge in [0.25, 0.3) is 0 Å². The van der Waals surface area contributed by atoms with Gasteiger partial charge in [0.2, 0.25) is 0 Å². The number of pyridine rings is 2. The normalized spacial score (nSPS) is 14.4. The molecule has 1 aliphatic rings. The molecular weight excluding hydrogens is 453 g/mol. The minimum Gasteiger partial charge on any atom is -0.383 e. The van der Waals surface area contributed by atoms with Crippen LogP contribution in [0.4, 0.5) is 10.2 Å². The maximum atomic E-state index is 13.9. The van der Waals surface area contributed by atoms with E-state index in [9.17, 15) is 4.39 Å². The van der Waals surface area contributed by atoms with Gasteiger partial charge in [0.1, 0.15) is 17.2 Å². The second-order valence-electron chi connectivity index (χ2n) is 8.95. The van der Waals surface area contributed by atoms with Crippen LogP contribution in [0.2, 0.25) is 0 Å². The molecule has 0 atom stereocenters. The summed E-state index contributed by atoms with van der Waals surface area (Å²) in [6, 6.07) is 22.5. The maximum Gasteiger partial charge on any atom is 0.165 e. The fourth-order valence-corrected chi connectivity index (χ4v) is 4.68. The lowest BCUT2D eigenvalue weighted by molar-refractivity contribution is 0.233. The van der Waals surface area contributed by atoms with Crippen LogP contribution in [0.25, 0.3) is 39.5 Å². The molecule has 180 valence electrons. The number of nitrogens with one attached hydrogen (secondary N) is 1. The van der Waals surface area contributed by atoms with Crippen molar-refractivity contribution in [3.8, 4) is 28.3 Å². The Bertz CT molecular complexity index is 1520. The summed E-state index contributed by atoms with van der Waals surface area (Å²) in [4.78, 5) is 16.5. The molecule has 3 N–H and O–H groups in total. The summed E-state index contributed by atoms with van der Waals surface area (Å²) in [5.74, 6) is 0.760. The monoisotopic (exact) mass is 479 g/mol. The van der Waals surface area contributed by atoms with Gasteiger partial charge in [0, 0.05) is 50.2 Å². The predicted octanol–water partition coefficient (Wildman–Crippen LogP) is 4.28. The Labute approximate surface area is 208 Å². The summed E-state index contributed by atoms with van der Waals surface area (Å²) in [6.07, 6.45) is 1.66. The third-order valence-electron chi connectivity index (χ3n) is 6.51. The highest BCUT2D eigenvalue weighted by molar-refractivity contribution is 5.84. The van der Waals surface area contributed by atoms with Crippen molar-refractivity contribution in [1.29, 1.82) is 0 Å². The van der Waals surface area contributed by atoms with Crippen LogP contribution in [0.15, 0.2) is 79.0 Å². The van der Waals surface area contributed by atoms with Gasteiger partial charge in [-0.15, -0.1) is 0 Å². The molecule has 5 aromatic rings. The average molecular weight is 480 g/mol. The van der Waals surface area contributed by atoms with E-state index in [0.717, 1.165) is 49.5 Å². The Morgan fingerprint density at radius 1 is 0.917 bits per heavy atom. The van der Waals surface area contributed by atoms with E-state index in [0.29, 0.717) is 28.5 Å². The number of fused-ring (bicyclic) bond motifs is 1. The van der Waals surface area contributed by atoms with Crippen molar-refractivity contribution in [2.45, 2.75) is 6.54 Å². The molecule has 36 heavy (non-hydrogen) atoms. The van der Waals surface area contributed by atoms with Crippen molar-refractivity contribution < 1.29 is 4.39 Å². The van der Waals surface area contributed by atoms with E-state index < -0.39 is 0 Å². The first kappa shape index (κ1) is 22.3. The van der Waals surface area contributed by atoms with Crippen LogP contribution in [0, 0.1) is 5.82 Å². The fourth-order valence-electron chi connectivity index (χ4n) is 4.68. The minimum absolute atomic E-state index is 0.299. The molecule has 1 saturated heterocycles. The van der Waals surface area contributed by atoms with E-state index in [2.05, 4.69) is 39.5 Å². The predicted molar refractivity (Wildman–Crippen MR) is 140 cm³/mol. The van der Waals surface area contributed by atoms with Gasteiger partial charge in [-0.3, -0.25) is 9.47 Å². The molecule has 8 heteroatoms.